The van der Waals surface area contributed by atoms with Crippen LogP contribution in [0.1, 0.15) is 58.8 Å². The van der Waals surface area contributed by atoms with E-state index in [1.165, 1.54) is 77.7 Å². The minimum absolute atomic E-state index is 0.512. The predicted molar refractivity (Wildman–Crippen MR) is 91.8 cm³/mol. The Morgan fingerprint density at radius 3 is 2.30 bits per heavy atom. The number of hydrogen-bond donors (Lipinski definition) is 1. The predicted octanol–water partition coefficient (Wildman–Crippen LogP) is 3.67. The lowest BCUT2D eigenvalue weighted by molar-refractivity contribution is 0.156. The van der Waals surface area contributed by atoms with Gasteiger partial charge in [-0.2, -0.15) is 12.6 Å². The minimum atomic E-state index is 0.512. The maximum absolute atomic E-state index is 4.73. The van der Waals surface area contributed by atoms with Crippen LogP contribution >= 0.6 is 12.6 Å². The van der Waals surface area contributed by atoms with Gasteiger partial charge in [0.1, 0.15) is 0 Å². The van der Waals surface area contributed by atoms with Crippen molar-refractivity contribution >= 4 is 12.6 Å². The van der Waals surface area contributed by atoms with Gasteiger partial charge in [-0.3, -0.25) is 4.90 Å². The summed E-state index contributed by atoms with van der Waals surface area (Å²) in [4.78, 5) is 5.38. The number of hydrogen-bond acceptors (Lipinski definition) is 3. The van der Waals surface area contributed by atoms with E-state index in [4.69, 9.17) is 12.6 Å². The third-order valence-electron chi connectivity index (χ3n) is 5.63. The number of nitrogens with zero attached hydrogens (tertiary/aromatic N) is 2. The van der Waals surface area contributed by atoms with E-state index in [2.05, 4.69) is 23.6 Å². The molecule has 1 unspecified atom stereocenters. The van der Waals surface area contributed by atoms with E-state index in [1.54, 1.807) is 0 Å². The molecule has 1 saturated carbocycles. The van der Waals surface area contributed by atoms with Crippen molar-refractivity contribution in [2.24, 2.45) is 5.41 Å². The van der Waals surface area contributed by atoms with Crippen LogP contribution in [0.4, 0.5) is 0 Å². The van der Waals surface area contributed by atoms with Crippen molar-refractivity contribution in [3.63, 3.8) is 0 Å². The van der Waals surface area contributed by atoms with Gasteiger partial charge in [0.2, 0.25) is 0 Å². The van der Waals surface area contributed by atoms with Gasteiger partial charge >= 0.3 is 0 Å². The summed E-state index contributed by atoms with van der Waals surface area (Å²) in [5.74, 6) is 1.08. The Balaban J connectivity index is 1.89. The fourth-order valence-corrected chi connectivity index (χ4v) is 4.73. The molecule has 0 N–H and O–H groups in total. The fourth-order valence-electron chi connectivity index (χ4n) is 4.31. The van der Waals surface area contributed by atoms with Gasteiger partial charge in [0, 0.05) is 19.1 Å². The molecule has 1 aliphatic carbocycles. The molecule has 2 fully saturated rings. The van der Waals surface area contributed by atoms with Crippen LogP contribution in [0.5, 0.6) is 0 Å². The summed E-state index contributed by atoms with van der Waals surface area (Å²) in [6.07, 6.45) is 9.91. The normalized spacial score (nSPS) is 27.9. The first-order chi connectivity index (χ1) is 9.73. The van der Waals surface area contributed by atoms with Crippen molar-refractivity contribution in [1.82, 2.24) is 9.80 Å². The standard InChI is InChI=1S/C17H34N2S/c1-3-19(4-2)16-9-12-18(13-16)14-17(15-20)10-7-5-6-8-11-17/h16,20H,3-15H2,1-2H3. The van der Waals surface area contributed by atoms with E-state index in [0.29, 0.717) is 5.41 Å². The highest BCUT2D eigenvalue weighted by atomic mass is 32.1. The summed E-state index contributed by atoms with van der Waals surface area (Å²) in [6.45, 7) is 10.9. The van der Waals surface area contributed by atoms with Gasteiger partial charge in [-0.25, -0.2) is 0 Å². The molecular formula is C17H34N2S. The number of rotatable bonds is 6. The van der Waals surface area contributed by atoms with Crippen LogP contribution in [-0.4, -0.2) is 54.3 Å². The zero-order valence-corrected chi connectivity index (χ0v) is 14.5. The Morgan fingerprint density at radius 2 is 1.75 bits per heavy atom. The fraction of sp³-hybridized carbons (Fsp3) is 1.00. The molecule has 1 heterocycles. The van der Waals surface area contributed by atoms with Crippen LogP contribution in [0.3, 0.4) is 0 Å². The summed E-state index contributed by atoms with van der Waals surface area (Å²) in [6, 6.07) is 0.799. The molecule has 0 amide bonds. The van der Waals surface area contributed by atoms with E-state index >= 15 is 0 Å². The van der Waals surface area contributed by atoms with Crippen LogP contribution < -0.4 is 0 Å². The van der Waals surface area contributed by atoms with E-state index < -0.39 is 0 Å². The maximum atomic E-state index is 4.73. The molecule has 3 heteroatoms. The Hall–Kier alpha value is 0.270. The molecule has 0 bridgehead atoms. The minimum Gasteiger partial charge on any atom is -0.301 e. The van der Waals surface area contributed by atoms with E-state index in [0.717, 1.165) is 11.8 Å². The van der Waals surface area contributed by atoms with Gasteiger partial charge in [0.25, 0.3) is 0 Å². The number of likely N-dealkylation sites (tertiary alicyclic amines) is 1. The van der Waals surface area contributed by atoms with Crippen molar-refractivity contribution in [2.45, 2.75) is 64.8 Å². The highest BCUT2D eigenvalue weighted by Crippen LogP contribution is 2.37. The Bertz CT molecular complexity index is 270. The second kappa shape index (κ2) is 8.05. The van der Waals surface area contributed by atoms with Gasteiger partial charge in [-0.05, 0) is 50.1 Å². The molecule has 0 spiro atoms. The number of likely N-dealkylation sites (N-methyl/N-ethyl adjacent to an activating group) is 1. The summed E-state index contributed by atoms with van der Waals surface area (Å²) in [5.41, 5.74) is 0.512. The monoisotopic (exact) mass is 298 g/mol. The maximum Gasteiger partial charge on any atom is 0.0235 e. The second-order valence-electron chi connectivity index (χ2n) is 6.97. The average molecular weight is 299 g/mol. The SMILES string of the molecule is CCN(CC)C1CCN(CC2(CS)CCCCCC2)C1. The molecule has 1 aliphatic heterocycles. The van der Waals surface area contributed by atoms with Gasteiger partial charge < -0.3 is 4.90 Å². The molecule has 1 atom stereocenters. The lowest BCUT2D eigenvalue weighted by Crippen LogP contribution is -2.41. The van der Waals surface area contributed by atoms with Crippen molar-refractivity contribution in [3.05, 3.63) is 0 Å². The van der Waals surface area contributed by atoms with Crippen molar-refractivity contribution in [1.29, 1.82) is 0 Å². The number of thiol groups is 1. The zero-order valence-electron chi connectivity index (χ0n) is 13.6. The average Bonchev–Trinajstić information content (AvgIpc) is 2.78. The largest absolute Gasteiger partial charge is 0.301 e. The van der Waals surface area contributed by atoms with Crippen molar-refractivity contribution in [2.75, 3.05) is 38.5 Å². The molecule has 1 saturated heterocycles. The first-order valence-electron chi connectivity index (χ1n) is 8.80. The summed E-state index contributed by atoms with van der Waals surface area (Å²) in [7, 11) is 0. The third-order valence-corrected chi connectivity index (χ3v) is 6.31. The van der Waals surface area contributed by atoms with Gasteiger partial charge in [-0.1, -0.05) is 39.5 Å². The van der Waals surface area contributed by atoms with E-state index in [1.807, 2.05) is 0 Å². The Kier molecular flexibility index (Phi) is 6.70. The third kappa shape index (κ3) is 4.14. The first kappa shape index (κ1) is 16.6. The summed E-state index contributed by atoms with van der Waals surface area (Å²) < 4.78 is 0. The van der Waals surface area contributed by atoms with Crippen LogP contribution in [0.15, 0.2) is 0 Å². The highest BCUT2D eigenvalue weighted by molar-refractivity contribution is 7.80. The molecule has 2 aliphatic rings. The molecule has 20 heavy (non-hydrogen) atoms. The van der Waals surface area contributed by atoms with E-state index in [9.17, 15) is 0 Å². The molecule has 118 valence electrons. The molecule has 0 aromatic rings. The smallest absolute Gasteiger partial charge is 0.0235 e. The van der Waals surface area contributed by atoms with Gasteiger partial charge in [0.05, 0.1) is 0 Å². The summed E-state index contributed by atoms with van der Waals surface area (Å²) >= 11 is 4.73. The summed E-state index contributed by atoms with van der Waals surface area (Å²) in [5, 5.41) is 0. The quantitative estimate of drug-likeness (QED) is 0.590. The highest BCUT2D eigenvalue weighted by Gasteiger charge is 2.35. The zero-order chi connectivity index (χ0) is 14.4. The Labute approximate surface area is 131 Å². The lowest BCUT2D eigenvalue weighted by atomic mass is 9.82. The molecular weight excluding hydrogens is 264 g/mol. The van der Waals surface area contributed by atoms with Crippen LogP contribution in [0, 0.1) is 5.41 Å². The molecule has 0 aromatic carbocycles. The van der Waals surface area contributed by atoms with Crippen molar-refractivity contribution in [3.8, 4) is 0 Å². The lowest BCUT2D eigenvalue weighted by Gasteiger charge is -2.36. The topological polar surface area (TPSA) is 6.48 Å². The van der Waals surface area contributed by atoms with Crippen LogP contribution in [-0.2, 0) is 0 Å². The second-order valence-corrected chi connectivity index (χ2v) is 7.29. The van der Waals surface area contributed by atoms with Crippen LogP contribution in [0.25, 0.3) is 0 Å². The van der Waals surface area contributed by atoms with E-state index in [-0.39, 0.29) is 0 Å². The van der Waals surface area contributed by atoms with Gasteiger partial charge in [0.15, 0.2) is 0 Å². The molecule has 0 aromatic heterocycles. The van der Waals surface area contributed by atoms with Crippen molar-refractivity contribution < 1.29 is 0 Å². The first-order valence-corrected chi connectivity index (χ1v) is 9.43. The molecule has 0 radical (unpaired) electrons. The van der Waals surface area contributed by atoms with Gasteiger partial charge in [-0.15, -0.1) is 0 Å². The molecule has 2 nitrogen and oxygen atoms in total. The molecule has 2 rings (SSSR count). The van der Waals surface area contributed by atoms with Crippen LogP contribution in [0.2, 0.25) is 0 Å². The Morgan fingerprint density at radius 1 is 1.10 bits per heavy atom.